The minimum Gasteiger partial charge on any atom is -0.348 e. The van der Waals surface area contributed by atoms with Crippen LogP contribution in [0, 0.1) is 34.5 Å². The average molecular weight is 417 g/mol. The maximum atomic E-state index is 12.7. The summed E-state index contributed by atoms with van der Waals surface area (Å²) in [6, 6.07) is 0. The SMILES string of the molecule is CC1([C@H]2CC[C@H]3[C@@H]4CC=C5CC6(CC[C@]5(C=O)[C@H]4CC[C@]23C)OCCO6)OCCO1. The molecule has 0 radical (unpaired) electrons. The summed E-state index contributed by atoms with van der Waals surface area (Å²) < 4.78 is 24.3. The second-order valence-corrected chi connectivity index (χ2v) is 11.2. The van der Waals surface area contributed by atoms with Crippen molar-refractivity contribution in [1.29, 1.82) is 0 Å². The maximum absolute atomic E-state index is 12.7. The summed E-state index contributed by atoms with van der Waals surface area (Å²) in [6.45, 7) is 7.44. The van der Waals surface area contributed by atoms with Crippen molar-refractivity contribution in [2.75, 3.05) is 26.4 Å². The molecule has 0 aromatic carbocycles. The van der Waals surface area contributed by atoms with Gasteiger partial charge < -0.3 is 23.7 Å². The van der Waals surface area contributed by atoms with Gasteiger partial charge in [0.1, 0.15) is 6.29 Å². The molecule has 0 aromatic heterocycles. The smallest absolute Gasteiger partial charge is 0.172 e. The number of carbonyl (C=O) groups is 1. The Balaban J connectivity index is 1.31. The maximum Gasteiger partial charge on any atom is 0.172 e. The number of allylic oxidation sites excluding steroid dienone is 1. The third kappa shape index (κ3) is 2.52. The molecule has 0 amide bonds. The van der Waals surface area contributed by atoms with E-state index in [1.165, 1.54) is 31.1 Å². The first-order valence-corrected chi connectivity index (χ1v) is 12.2. The lowest BCUT2D eigenvalue weighted by molar-refractivity contribution is -0.216. The van der Waals surface area contributed by atoms with Gasteiger partial charge in [-0.1, -0.05) is 18.6 Å². The fraction of sp³-hybridized carbons (Fsp3) is 0.880. The van der Waals surface area contributed by atoms with Crippen molar-refractivity contribution >= 4 is 6.29 Å². The summed E-state index contributed by atoms with van der Waals surface area (Å²) in [7, 11) is 0. The highest BCUT2D eigenvalue weighted by atomic mass is 16.7. The number of rotatable bonds is 2. The molecule has 3 saturated carbocycles. The van der Waals surface area contributed by atoms with Crippen molar-refractivity contribution in [2.45, 2.75) is 76.8 Å². The molecule has 30 heavy (non-hydrogen) atoms. The number of aldehydes is 1. The van der Waals surface area contributed by atoms with E-state index in [1.54, 1.807) is 0 Å². The topological polar surface area (TPSA) is 54.0 Å². The average Bonchev–Trinajstić information content (AvgIpc) is 3.47. The van der Waals surface area contributed by atoms with Crippen LogP contribution in [0.25, 0.3) is 0 Å². The third-order valence-electron chi connectivity index (χ3n) is 10.2. The van der Waals surface area contributed by atoms with Gasteiger partial charge in [0.25, 0.3) is 0 Å². The molecule has 6 aliphatic rings. The minimum absolute atomic E-state index is 0.239. The molecule has 0 unspecified atom stereocenters. The van der Waals surface area contributed by atoms with E-state index in [9.17, 15) is 4.79 Å². The van der Waals surface area contributed by atoms with Gasteiger partial charge in [-0.15, -0.1) is 0 Å². The first kappa shape index (κ1) is 19.9. The van der Waals surface area contributed by atoms with Gasteiger partial charge >= 0.3 is 0 Å². The summed E-state index contributed by atoms with van der Waals surface area (Å²) in [6.07, 6.45) is 12.0. The summed E-state index contributed by atoms with van der Waals surface area (Å²) in [5.41, 5.74) is 1.25. The zero-order chi connectivity index (χ0) is 20.6. The van der Waals surface area contributed by atoms with Crippen molar-refractivity contribution in [2.24, 2.45) is 34.5 Å². The van der Waals surface area contributed by atoms with E-state index in [0.717, 1.165) is 32.1 Å². The van der Waals surface area contributed by atoms with Crippen LogP contribution in [0.5, 0.6) is 0 Å². The quantitative estimate of drug-likeness (QED) is 0.498. The molecule has 0 bridgehead atoms. The van der Waals surface area contributed by atoms with Crippen LogP contribution < -0.4 is 0 Å². The van der Waals surface area contributed by atoms with Crippen LogP contribution in [-0.4, -0.2) is 44.3 Å². The Morgan fingerprint density at radius 3 is 2.37 bits per heavy atom. The van der Waals surface area contributed by atoms with E-state index in [-0.39, 0.29) is 10.8 Å². The third-order valence-corrected chi connectivity index (χ3v) is 10.2. The Morgan fingerprint density at radius 2 is 1.63 bits per heavy atom. The molecule has 2 heterocycles. The first-order valence-electron chi connectivity index (χ1n) is 12.2. The van der Waals surface area contributed by atoms with Crippen LogP contribution in [0.1, 0.15) is 65.2 Å². The number of fused-ring (bicyclic) bond motifs is 5. The Kier molecular flexibility index (Phi) is 4.40. The highest BCUT2D eigenvalue weighted by Gasteiger charge is 2.64. The molecule has 2 aliphatic heterocycles. The normalized spacial score (nSPS) is 48.7. The van der Waals surface area contributed by atoms with E-state index < -0.39 is 11.6 Å². The van der Waals surface area contributed by atoms with Crippen molar-refractivity contribution in [3.63, 3.8) is 0 Å². The number of carbonyl (C=O) groups excluding carboxylic acids is 1. The number of hydrogen-bond acceptors (Lipinski definition) is 5. The van der Waals surface area contributed by atoms with Crippen LogP contribution >= 0.6 is 0 Å². The second kappa shape index (κ2) is 6.63. The zero-order valence-corrected chi connectivity index (χ0v) is 18.5. The molecule has 1 spiro atoms. The Morgan fingerprint density at radius 1 is 0.900 bits per heavy atom. The van der Waals surface area contributed by atoms with Crippen molar-refractivity contribution in [3.05, 3.63) is 11.6 Å². The summed E-state index contributed by atoms with van der Waals surface area (Å²) in [5.74, 6) is 1.26. The Labute approximate surface area is 179 Å². The van der Waals surface area contributed by atoms with E-state index in [4.69, 9.17) is 18.9 Å². The van der Waals surface area contributed by atoms with Crippen LogP contribution in [0.15, 0.2) is 11.6 Å². The fourth-order valence-electron chi connectivity index (χ4n) is 8.88. The molecule has 0 aromatic rings. The molecule has 166 valence electrons. The van der Waals surface area contributed by atoms with Gasteiger partial charge in [-0.25, -0.2) is 0 Å². The predicted molar refractivity (Wildman–Crippen MR) is 111 cm³/mol. The highest BCUT2D eigenvalue weighted by Crippen LogP contribution is 2.68. The number of hydrogen-bond donors (Lipinski definition) is 0. The van der Waals surface area contributed by atoms with E-state index in [1.807, 2.05) is 0 Å². The van der Waals surface area contributed by atoms with Gasteiger partial charge in [-0.2, -0.15) is 0 Å². The van der Waals surface area contributed by atoms with Crippen molar-refractivity contribution in [3.8, 4) is 0 Å². The molecule has 4 aliphatic carbocycles. The van der Waals surface area contributed by atoms with Gasteiger partial charge in [0.15, 0.2) is 11.6 Å². The largest absolute Gasteiger partial charge is 0.348 e. The van der Waals surface area contributed by atoms with E-state index in [2.05, 4.69) is 19.9 Å². The van der Waals surface area contributed by atoms with Crippen LogP contribution in [-0.2, 0) is 23.7 Å². The van der Waals surface area contributed by atoms with Gasteiger partial charge in [-0.3, -0.25) is 0 Å². The lowest BCUT2D eigenvalue weighted by Gasteiger charge is -2.58. The van der Waals surface area contributed by atoms with Gasteiger partial charge in [-0.05, 0) is 68.6 Å². The Bertz CT molecular complexity index is 749. The lowest BCUT2D eigenvalue weighted by Crippen LogP contribution is -2.55. The molecule has 5 nitrogen and oxygen atoms in total. The minimum atomic E-state index is -0.460. The van der Waals surface area contributed by atoms with E-state index in [0.29, 0.717) is 50.1 Å². The predicted octanol–water partition coefficient (Wildman–Crippen LogP) is 4.25. The molecular weight excluding hydrogens is 380 g/mol. The molecule has 6 atom stereocenters. The molecule has 2 saturated heterocycles. The Hall–Kier alpha value is -0.750. The molecule has 5 fully saturated rings. The zero-order valence-electron chi connectivity index (χ0n) is 18.5. The van der Waals surface area contributed by atoms with E-state index >= 15 is 0 Å². The lowest BCUT2D eigenvalue weighted by atomic mass is 9.46. The van der Waals surface area contributed by atoms with Crippen molar-refractivity contribution in [1.82, 2.24) is 0 Å². The van der Waals surface area contributed by atoms with Gasteiger partial charge in [0, 0.05) is 18.8 Å². The van der Waals surface area contributed by atoms with Gasteiger partial charge in [0.05, 0.1) is 31.8 Å². The highest BCUT2D eigenvalue weighted by molar-refractivity contribution is 5.67. The van der Waals surface area contributed by atoms with Crippen LogP contribution in [0.4, 0.5) is 0 Å². The second-order valence-electron chi connectivity index (χ2n) is 11.2. The molecule has 0 N–H and O–H groups in total. The molecule has 6 rings (SSSR count). The van der Waals surface area contributed by atoms with Crippen molar-refractivity contribution < 1.29 is 23.7 Å². The fourth-order valence-corrected chi connectivity index (χ4v) is 8.88. The van der Waals surface area contributed by atoms with Crippen LogP contribution in [0.2, 0.25) is 0 Å². The summed E-state index contributed by atoms with van der Waals surface area (Å²) >= 11 is 0. The monoisotopic (exact) mass is 416 g/mol. The first-order chi connectivity index (χ1) is 14.4. The van der Waals surface area contributed by atoms with Crippen LogP contribution in [0.3, 0.4) is 0 Å². The summed E-state index contributed by atoms with van der Waals surface area (Å²) in [5, 5.41) is 0. The standard InChI is InChI=1S/C25H36O5/c1-22-8-7-20-18(19(22)5-6-21(22)23(2)27-11-12-28-23)4-3-17-15-25(29-13-14-30-25)10-9-24(17,20)16-26/h3,16,18-21H,4-15H2,1-2H3/t18-,19-,20-,21-,22-,24+/m0/s1. The summed E-state index contributed by atoms with van der Waals surface area (Å²) in [4.78, 5) is 12.7. The van der Waals surface area contributed by atoms with Gasteiger partial charge in [0.2, 0.25) is 0 Å². The molecular formula is C25H36O5. The molecule has 5 heteroatoms. The number of ether oxygens (including phenoxy) is 4.